The van der Waals surface area contributed by atoms with Crippen LogP contribution in [0.15, 0.2) is 51.7 Å². The molecule has 0 N–H and O–H groups in total. The molecule has 1 aliphatic carbocycles. The van der Waals surface area contributed by atoms with Crippen LogP contribution < -0.4 is 5.63 Å². The summed E-state index contributed by atoms with van der Waals surface area (Å²) >= 11 is 1.65. The monoisotopic (exact) mass is 333 g/mol. The van der Waals surface area contributed by atoms with Crippen LogP contribution in [0.1, 0.15) is 23.4 Å². The number of rotatable bonds is 1. The SMILES string of the molecule is O=c1oc2ccc3ccccc3c2cc1-c1nc2c(s1)CCCC2. The van der Waals surface area contributed by atoms with Crippen molar-refractivity contribution in [2.45, 2.75) is 25.7 Å². The third kappa shape index (κ3) is 2.10. The Labute approximate surface area is 142 Å². The van der Waals surface area contributed by atoms with E-state index < -0.39 is 0 Å². The standard InChI is InChI=1S/C20H15NO2S/c22-20-15(19-21-16-7-3-4-8-18(16)24-19)11-14-13-6-2-1-5-12(13)9-10-17(14)23-20/h1-2,5-6,9-11H,3-4,7-8H2. The van der Waals surface area contributed by atoms with Gasteiger partial charge in [-0.05, 0) is 48.6 Å². The highest BCUT2D eigenvalue weighted by molar-refractivity contribution is 7.15. The molecule has 0 saturated heterocycles. The van der Waals surface area contributed by atoms with E-state index in [1.165, 1.54) is 23.4 Å². The Morgan fingerprint density at radius 1 is 1.00 bits per heavy atom. The van der Waals surface area contributed by atoms with Crippen LogP contribution in [0.25, 0.3) is 32.3 Å². The largest absolute Gasteiger partial charge is 0.422 e. The molecule has 118 valence electrons. The minimum Gasteiger partial charge on any atom is -0.422 e. The molecule has 3 nitrogen and oxygen atoms in total. The molecule has 5 rings (SSSR count). The Bertz CT molecular complexity index is 1120. The van der Waals surface area contributed by atoms with E-state index in [-0.39, 0.29) is 5.63 Å². The zero-order chi connectivity index (χ0) is 16.1. The Balaban J connectivity index is 1.79. The van der Waals surface area contributed by atoms with E-state index in [1.807, 2.05) is 30.3 Å². The van der Waals surface area contributed by atoms with Gasteiger partial charge >= 0.3 is 5.63 Å². The fourth-order valence-corrected chi connectivity index (χ4v) is 4.64. The fraction of sp³-hybridized carbons (Fsp3) is 0.200. The molecular weight excluding hydrogens is 318 g/mol. The first-order chi connectivity index (χ1) is 11.8. The van der Waals surface area contributed by atoms with Crippen molar-refractivity contribution in [3.05, 3.63) is 63.5 Å². The molecule has 0 spiro atoms. The van der Waals surface area contributed by atoms with Gasteiger partial charge in [-0.2, -0.15) is 0 Å². The summed E-state index contributed by atoms with van der Waals surface area (Å²) in [6.45, 7) is 0. The molecule has 4 aromatic rings. The van der Waals surface area contributed by atoms with E-state index in [1.54, 1.807) is 11.3 Å². The van der Waals surface area contributed by atoms with Crippen LogP contribution >= 0.6 is 11.3 Å². The lowest BCUT2D eigenvalue weighted by Gasteiger charge is -2.06. The number of thiazole rings is 1. The Morgan fingerprint density at radius 3 is 2.79 bits per heavy atom. The third-order valence-corrected chi connectivity index (χ3v) is 5.91. The van der Waals surface area contributed by atoms with Crippen molar-refractivity contribution in [1.29, 1.82) is 0 Å². The summed E-state index contributed by atoms with van der Waals surface area (Å²) in [4.78, 5) is 18.5. The van der Waals surface area contributed by atoms with Gasteiger partial charge in [-0.25, -0.2) is 9.78 Å². The Morgan fingerprint density at radius 2 is 1.88 bits per heavy atom. The van der Waals surface area contributed by atoms with Gasteiger partial charge in [0.2, 0.25) is 0 Å². The molecule has 2 heterocycles. The smallest absolute Gasteiger partial charge is 0.346 e. The minimum atomic E-state index is -0.302. The van der Waals surface area contributed by atoms with Crippen LogP contribution in [0.4, 0.5) is 0 Å². The second-order valence-electron chi connectivity index (χ2n) is 6.24. The van der Waals surface area contributed by atoms with Gasteiger partial charge in [0, 0.05) is 10.3 Å². The first kappa shape index (κ1) is 13.9. The summed E-state index contributed by atoms with van der Waals surface area (Å²) in [5, 5.41) is 4.01. The molecule has 1 aliphatic rings. The molecule has 0 atom stereocenters. The molecule has 0 radical (unpaired) electrons. The van der Waals surface area contributed by atoms with E-state index >= 15 is 0 Å². The highest BCUT2D eigenvalue weighted by Gasteiger charge is 2.19. The summed E-state index contributed by atoms with van der Waals surface area (Å²) in [5.74, 6) is 0. The maximum absolute atomic E-state index is 12.5. The van der Waals surface area contributed by atoms with Gasteiger partial charge in [0.15, 0.2) is 0 Å². The number of aryl methyl sites for hydroxylation is 2. The van der Waals surface area contributed by atoms with Crippen LogP contribution in [0, 0.1) is 0 Å². The van der Waals surface area contributed by atoms with Gasteiger partial charge in [0.05, 0.1) is 11.3 Å². The Kier molecular flexibility index (Phi) is 3.06. The highest BCUT2D eigenvalue weighted by atomic mass is 32.1. The first-order valence-corrected chi connectivity index (χ1v) is 9.06. The normalized spacial score (nSPS) is 14.2. The molecule has 0 unspecified atom stereocenters. The van der Waals surface area contributed by atoms with E-state index in [0.29, 0.717) is 11.1 Å². The Hall–Kier alpha value is -2.46. The van der Waals surface area contributed by atoms with Crippen molar-refractivity contribution in [2.24, 2.45) is 0 Å². The highest BCUT2D eigenvalue weighted by Crippen LogP contribution is 2.33. The van der Waals surface area contributed by atoms with Gasteiger partial charge in [-0.15, -0.1) is 11.3 Å². The minimum absolute atomic E-state index is 0.302. The van der Waals surface area contributed by atoms with Crippen LogP contribution in [0.2, 0.25) is 0 Å². The molecule has 24 heavy (non-hydrogen) atoms. The van der Waals surface area contributed by atoms with E-state index in [2.05, 4.69) is 12.1 Å². The molecule has 0 saturated carbocycles. The number of hydrogen-bond donors (Lipinski definition) is 0. The van der Waals surface area contributed by atoms with Gasteiger partial charge in [-0.3, -0.25) is 0 Å². The lowest BCUT2D eigenvalue weighted by molar-refractivity contribution is 0.564. The van der Waals surface area contributed by atoms with Crippen molar-refractivity contribution in [1.82, 2.24) is 4.98 Å². The molecule has 4 heteroatoms. The summed E-state index contributed by atoms with van der Waals surface area (Å²) < 4.78 is 5.60. The van der Waals surface area contributed by atoms with Crippen molar-refractivity contribution >= 4 is 33.1 Å². The van der Waals surface area contributed by atoms with Crippen LogP contribution in [-0.2, 0) is 12.8 Å². The van der Waals surface area contributed by atoms with Crippen molar-refractivity contribution in [3.8, 4) is 10.6 Å². The summed E-state index contributed by atoms with van der Waals surface area (Å²) in [6, 6.07) is 14.0. The molecule has 2 aromatic carbocycles. The van der Waals surface area contributed by atoms with E-state index in [0.717, 1.165) is 34.0 Å². The fourth-order valence-electron chi connectivity index (χ4n) is 3.49. The van der Waals surface area contributed by atoms with Crippen molar-refractivity contribution < 1.29 is 4.42 Å². The summed E-state index contributed by atoms with van der Waals surface area (Å²) in [7, 11) is 0. The van der Waals surface area contributed by atoms with Gasteiger partial charge in [0.1, 0.15) is 10.6 Å². The lowest BCUT2D eigenvalue weighted by Crippen LogP contribution is -2.03. The molecule has 0 fully saturated rings. The second-order valence-corrected chi connectivity index (χ2v) is 7.33. The number of aromatic nitrogens is 1. The van der Waals surface area contributed by atoms with Gasteiger partial charge in [-0.1, -0.05) is 30.3 Å². The maximum atomic E-state index is 12.5. The maximum Gasteiger partial charge on any atom is 0.346 e. The summed E-state index contributed by atoms with van der Waals surface area (Å²) in [6.07, 6.45) is 4.50. The number of nitrogens with zero attached hydrogens (tertiary/aromatic N) is 1. The quantitative estimate of drug-likeness (QED) is 0.366. The predicted octanol–water partition coefficient (Wildman–Crippen LogP) is 4.95. The third-order valence-electron chi connectivity index (χ3n) is 4.72. The van der Waals surface area contributed by atoms with Crippen LogP contribution in [-0.4, -0.2) is 4.98 Å². The summed E-state index contributed by atoms with van der Waals surface area (Å²) in [5.41, 5.74) is 2.07. The molecule has 2 aromatic heterocycles. The zero-order valence-corrected chi connectivity index (χ0v) is 13.9. The zero-order valence-electron chi connectivity index (χ0n) is 13.0. The van der Waals surface area contributed by atoms with E-state index in [4.69, 9.17) is 9.40 Å². The first-order valence-electron chi connectivity index (χ1n) is 8.24. The van der Waals surface area contributed by atoms with E-state index in [9.17, 15) is 4.79 Å². The number of fused-ring (bicyclic) bond motifs is 4. The topological polar surface area (TPSA) is 43.1 Å². The van der Waals surface area contributed by atoms with Crippen molar-refractivity contribution in [3.63, 3.8) is 0 Å². The average molecular weight is 333 g/mol. The number of benzene rings is 2. The second kappa shape index (κ2) is 5.28. The lowest BCUT2D eigenvalue weighted by atomic mass is 10.0. The molecule has 0 amide bonds. The van der Waals surface area contributed by atoms with Gasteiger partial charge in [0.25, 0.3) is 0 Å². The van der Waals surface area contributed by atoms with Gasteiger partial charge < -0.3 is 4.42 Å². The molecule has 0 aliphatic heterocycles. The van der Waals surface area contributed by atoms with Crippen LogP contribution in [0.3, 0.4) is 0 Å². The number of hydrogen-bond acceptors (Lipinski definition) is 4. The average Bonchev–Trinajstić information content (AvgIpc) is 3.04. The molecular formula is C20H15NO2S. The van der Waals surface area contributed by atoms with Crippen molar-refractivity contribution in [2.75, 3.05) is 0 Å². The predicted molar refractivity (Wildman–Crippen MR) is 97.7 cm³/mol. The molecule has 0 bridgehead atoms. The van der Waals surface area contributed by atoms with Crippen LogP contribution in [0.5, 0.6) is 0 Å².